The highest BCUT2D eigenvalue weighted by atomic mass is 79.9. The van der Waals surface area contributed by atoms with Crippen molar-refractivity contribution in [2.45, 2.75) is 57.0 Å². The molecule has 112 valence electrons. The smallest absolute Gasteiger partial charge is 0.207 e. The summed E-state index contributed by atoms with van der Waals surface area (Å²) in [7, 11) is -3.47. The highest BCUT2D eigenvalue weighted by molar-refractivity contribution is 9.11. The van der Waals surface area contributed by atoms with Gasteiger partial charge in [-0.25, -0.2) is 8.42 Å². The van der Waals surface area contributed by atoms with Gasteiger partial charge in [0.25, 0.3) is 0 Å². The lowest BCUT2D eigenvalue weighted by Crippen LogP contribution is -2.47. The molecule has 1 aromatic rings. The highest BCUT2D eigenvalue weighted by Gasteiger charge is 2.36. The minimum absolute atomic E-state index is 0.0516. The van der Waals surface area contributed by atoms with Crippen LogP contribution in [0.2, 0.25) is 0 Å². The van der Waals surface area contributed by atoms with E-state index in [1.54, 1.807) is 10.4 Å². The predicted octanol–water partition coefficient (Wildman–Crippen LogP) is 4.47. The van der Waals surface area contributed by atoms with E-state index in [9.17, 15) is 8.42 Å². The lowest BCUT2D eigenvalue weighted by atomic mass is 10.0. The number of halogens is 2. The van der Waals surface area contributed by atoms with Crippen LogP contribution in [-0.2, 0) is 10.0 Å². The van der Waals surface area contributed by atoms with E-state index in [-0.39, 0.29) is 12.1 Å². The van der Waals surface area contributed by atoms with Crippen molar-refractivity contribution in [3.8, 4) is 0 Å². The zero-order chi connectivity index (χ0) is 15.1. The van der Waals surface area contributed by atoms with Crippen molar-refractivity contribution < 1.29 is 8.42 Å². The number of aryl methyl sites for hydroxylation is 1. The van der Waals surface area contributed by atoms with Crippen LogP contribution < -0.4 is 0 Å². The summed E-state index contributed by atoms with van der Waals surface area (Å²) in [5.41, 5.74) is 1.01. The maximum absolute atomic E-state index is 13.0. The fraction of sp³-hybridized carbons (Fsp3) is 0.571. The third kappa shape index (κ3) is 2.98. The summed E-state index contributed by atoms with van der Waals surface area (Å²) >= 11 is 6.82. The molecule has 20 heavy (non-hydrogen) atoms. The van der Waals surface area contributed by atoms with Crippen molar-refractivity contribution in [1.29, 1.82) is 0 Å². The van der Waals surface area contributed by atoms with Gasteiger partial charge in [0.05, 0.1) is 4.90 Å². The summed E-state index contributed by atoms with van der Waals surface area (Å²) in [6.45, 7) is 5.92. The molecular weight excluding hydrogens is 406 g/mol. The molecule has 0 amide bonds. The lowest BCUT2D eigenvalue weighted by Gasteiger charge is -2.37. The molecule has 0 radical (unpaired) electrons. The van der Waals surface area contributed by atoms with E-state index in [0.717, 1.165) is 29.3 Å². The molecule has 0 aromatic heterocycles. The molecule has 1 fully saturated rings. The first kappa shape index (κ1) is 16.5. The summed E-state index contributed by atoms with van der Waals surface area (Å²) in [4.78, 5) is 0.343. The van der Waals surface area contributed by atoms with Gasteiger partial charge >= 0.3 is 0 Å². The summed E-state index contributed by atoms with van der Waals surface area (Å²) < 4.78 is 29.0. The van der Waals surface area contributed by atoms with Crippen LogP contribution in [0.15, 0.2) is 26.0 Å². The largest absolute Gasteiger partial charge is 0.244 e. The van der Waals surface area contributed by atoms with Crippen LogP contribution in [0.1, 0.15) is 38.7 Å². The fourth-order valence-electron chi connectivity index (χ4n) is 2.81. The van der Waals surface area contributed by atoms with Crippen LogP contribution in [0.5, 0.6) is 0 Å². The molecule has 1 saturated heterocycles. The van der Waals surface area contributed by atoms with Crippen molar-refractivity contribution >= 4 is 41.9 Å². The number of piperidine rings is 1. The van der Waals surface area contributed by atoms with E-state index < -0.39 is 10.0 Å². The zero-order valence-electron chi connectivity index (χ0n) is 11.9. The highest BCUT2D eigenvalue weighted by Crippen LogP contribution is 2.35. The summed E-state index contributed by atoms with van der Waals surface area (Å²) in [6.07, 6.45) is 2.94. The number of nitrogens with zero attached hydrogens (tertiary/aromatic N) is 1. The molecule has 6 heteroatoms. The van der Waals surface area contributed by atoms with Gasteiger partial charge in [-0.1, -0.05) is 22.4 Å². The van der Waals surface area contributed by atoms with Gasteiger partial charge in [-0.15, -0.1) is 0 Å². The molecule has 1 aliphatic heterocycles. The molecule has 0 N–H and O–H groups in total. The topological polar surface area (TPSA) is 37.4 Å². The Hall–Kier alpha value is 0.0900. The van der Waals surface area contributed by atoms with Crippen molar-refractivity contribution in [3.05, 3.63) is 26.6 Å². The van der Waals surface area contributed by atoms with Gasteiger partial charge in [0.2, 0.25) is 10.0 Å². The molecule has 1 aliphatic rings. The van der Waals surface area contributed by atoms with E-state index in [0.29, 0.717) is 9.37 Å². The Morgan fingerprint density at radius 2 is 1.65 bits per heavy atom. The molecule has 0 bridgehead atoms. The van der Waals surface area contributed by atoms with Crippen LogP contribution in [-0.4, -0.2) is 24.8 Å². The fourth-order valence-corrected chi connectivity index (χ4v) is 6.33. The first-order chi connectivity index (χ1) is 9.25. The molecule has 0 saturated carbocycles. The van der Waals surface area contributed by atoms with Crippen molar-refractivity contribution in [2.75, 3.05) is 0 Å². The maximum Gasteiger partial charge on any atom is 0.244 e. The monoisotopic (exact) mass is 423 g/mol. The van der Waals surface area contributed by atoms with Crippen molar-refractivity contribution in [1.82, 2.24) is 4.31 Å². The van der Waals surface area contributed by atoms with Gasteiger partial charge < -0.3 is 0 Å². The Bertz CT molecular complexity index is 606. The molecule has 1 aromatic carbocycles. The second kappa shape index (κ2) is 6.07. The van der Waals surface area contributed by atoms with Crippen LogP contribution >= 0.6 is 31.9 Å². The summed E-state index contributed by atoms with van der Waals surface area (Å²) in [6, 6.07) is 3.64. The van der Waals surface area contributed by atoms with Gasteiger partial charge in [0.1, 0.15) is 0 Å². The van der Waals surface area contributed by atoms with Gasteiger partial charge in [-0.3, -0.25) is 0 Å². The summed E-state index contributed by atoms with van der Waals surface area (Å²) in [5, 5.41) is 0. The van der Waals surface area contributed by atoms with Crippen LogP contribution in [0.3, 0.4) is 0 Å². The van der Waals surface area contributed by atoms with E-state index in [2.05, 4.69) is 31.9 Å². The molecular formula is C14H19Br2NO2S. The zero-order valence-corrected chi connectivity index (χ0v) is 15.8. The van der Waals surface area contributed by atoms with Gasteiger partial charge in [0, 0.05) is 21.0 Å². The van der Waals surface area contributed by atoms with Crippen LogP contribution in [0.4, 0.5) is 0 Å². The Morgan fingerprint density at radius 1 is 1.10 bits per heavy atom. The Kier molecular flexibility index (Phi) is 4.99. The predicted molar refractivity (Wildman–Crippen MR) is 88.4 cm³/mol. The molecule has 1 heterocycles. The Balaban J connectivity index is 2.52. The Morgan fingerprint density at radius 3 is 2.20 bits per heavy atom. The quantitative estimate of drug-likeness (QED) is 0.702. The van der Waals surface area contributed by atoms with Crippen LogP contribution in [0.25, 0.3) is 0 Å². The minimum atomic E-state index is -3.47. The first-order valence-corrected chi connectivity index (χ1v) is 9.77. The van der Waals surface area contributed by atoms with E-state index >= 15 is 0 Å². The van der Waals surface area contributed by atoms with E-state index in [1.165, 1.54) is 0 Å². The first-order valence-electron chi connectivity index (χ1n) is 6.74. The van der Waals surface area contributed by atoms with Gasteiger partial charge in [-0.05, 0) is 67.2 Å². The third-order valence-electron chi connectivity index (χ3n) is 3.88. The maximum atomic E-state index is 13.0. The molecule has 2 atom stereocenters. The lowest BCUT2D eigenvalue weighted by molar-refractivity contribution is 0.204. The normalized spacial score (nSPS) is 24.9. The van der Waals surface area contributed by atoms with E-state index in [1.807, 2.05) is 26.8 Å². The third-order valence-corrected chi connectivity index (χ3v) is 7.82. The number of benzene rings is 1. The van der Waals surface area contributed by atoms with E-state index in [4.69, 9.17) is 0 Å². The molecule has 0 spiro atoms. The van der Waals surface area contributed by atoms with Gasteiger partial charge in [0.15, 0.2) is 0 Å². The number of hydrogen-bond acceptors (Lipinski definition) is 2. The second-order valence-electron chi connectivity index (χ2n) is 5.50. The minimum Gasteiger partial charge on any atom is -0.207 e. The molecule has 0 unspecified atom stereocenters. The second-order valence-corrected chi connectivity index (χ2v) is 9.02. The number of sulfonamides is 1. The number of rotatable bonds is 2. The summed E-state index contributed by atoms with van der Waals surface area (Å²) in [5.74, 6) is 0. The number of hydrogen-bond donors (Lipinski definition) is 0. The standard InChI is InChI=1S/C14H19Br2NO2S/c1-9-7-13(16)14(8-12(9)15)20(18,19)17-10(2)5-4-6-11(17)3/h7-8,10-11H,4-6H2,1-3H3/t10-,11+. The molecule has 2 rings (SSSR count). The van der Waals surface area contributed by atoms with Crippen LogP contribution in [0, 0.1) is 6.92 Å². The SMILES string of the molecule is Cc1cc(Br)c(S(=O)(=O)N2[C@H](C)CCC[C@@H]2C)cc1Br. The average Bonchev–Trinajstić information content (AvgIpc) is 2.33. The molecule has 0 aliphatic carbocycles. The molecule has 3 nitrogen and oxygen atoms in total. The van der Waals surface area contributed by atoms with Crippen molar-refractivity contribution in [2.24, 2.45) is 0 Å². The average molecular weight is 425 g/mol. The van der Waals surface area contributed by atoms with Crippen molar-refractivity contribution in [3.63, 3.8) is 0 Å². The Labute approximate surface area is 138 Å². The van der Waals surface area contributed by atoms with Gasteiger partial charge in [-0.2, -0.15) is 4.31 Å².